The molecule has 2 fully saturated rings. The molecule has 2 N–H and O–H groups in total. The molecule has 2 unspecified atom stereocenters. The predicted molar refractivity (Wildman–Crippen MR) is 51.0 cm³/mol. The summed E-state index contributed by atoms with van der Waals surface area (Å²) < 4.78 is 4.75. The summed E-state index contributed by atoms with van der Waals surface area (Å²) in [6, 6.07) is 0.488. The van der Waals surface area contributed by atoms with E-state index in [2.05, 4.69) is 5.32 Å². The maximum atomic E-state index is 10.4. The number of rotatable bonds is 1. The van der Waals surface area contributed by atoms with Crippen LogP contribution in [0, 0.1) is 5.92 Å². The lowest BCUT2D eigenvalue weighted by molar-refractivity contribution is 0.0425. The molecule has 1 saturated heterocycles. The molecule has 1 aliphatic heterocycles. The number of hydrogen-bond acceptors (Lipinski definition) is 3. The fraction of sp³-hybridized carbons (Fsp3) is 0.900. The normalized spacial score (nSPS) is 37.3. The van der Waals surface area contributed by atoms with Crippen molar-refractivity contribution in [3.05, 3.63) is 0 Å². The number of carbonyl (C=O) groups is 1. The van der Waals surface area contributed by atoms with Crippen molar-refractivity contribution in [2.24, 2.45) is 5.92 Å². The number of hydrogen-bond donors (Lipinski definition) is 2. The molecule has 1 saturated carbocycles. The Hall–Kier alpha value is -0.770. The van der Waals surface area contributed by atoms with Gasteiger partial charge in [0.25, 0.3) is 0 Å². The van der Waals surface area contributed by atoms with E-state index >= 15 is 0 Å². The molecule has 0 aromatic rings. The smallest absolute Gasteiger partial charge is 0.450 e. The summed E-state index contributed by atoms with van der Waals surface area (Å²) in [6.45, 7) is 0. The van der Waals surface area contributed by atoms with Gasteiger partial charge in [0.05, 0.1) is 0 Å². The van der Waals surface area contributed by atoms with Crippen LogP contribution >= 0.6 is 0 Å². The maximum Gasteiger partial charge on any atom is 0.507 e. The van der Waals surface area contributed by atoms with Gasteiger partial charge in [0.2, 0.25) is 0 Å². The number of fused-ring (bicyclic) bond motifs is 1. The van der Waals surface area contributed by atoms with Crippen molar-refractivity contribution in [1.29, 1.82) is 0 Å². The van der Waals surface area contributed by atoms with Crippen molar-refractivity contribution in [3.63, 3.8) is 0 Å². The Balaban J connectivity index is 1.88. The van der Waals surface area contributed by atoms with Crippen molar-refractivity contribution < 1.29 is 14.6 Å². The van der Waals surface area contributed by atoms with Crippen molar-refractivity contribution in [3.8, 4) is 0 Å². The highest BCUT2D eigenvalue weighted by molar-refractivity contribution is 5.57. The molecule has 14 heavy (non-hydrogen) atoms. The Morgan fingerprint density at radius 3 is 2.86 bits per heavy atom. The van der Waals surface area contributed by atoms with Gasteiger partial charge in [-0.3, -0.25) is 5.32 Å². The molecule has 2 rings (SSSR count). The highest BCUT2D eigenvalue weighted by Crippen LogP contribution is 2.32. The van der Waals surface area contributed by atoms with Crippen molar-refractivity contribution >= 4 is 6.16 Å². The van der Waals surface area contributed by atoms with Gasteiger partial charge in [-0.25, -0.2) is 4.79 Å². The SMILES string of the molecule is O=C(O)OC1CC2CCCCC[C@@H]2N1. The maximum absolute atomic E-state index is 10.4. The first kappa shape index (κ1) is 9.77. The molecule has 80 valence electrons. The predicted octanol–water partition coefficient (Wildman–Crippen LogP) is 1.95. The number of ether oxygens (including phenoxy) is 1. The second-order valence-corrected chi connectivity index (χ2v) is 4.28. The summed E-state index contributed by atoms with van der Waals surface area (Å²) >= 11 is 0. The van der Waals surface area contributed by atoms with Gasteiger partial charge in [0, 0.05) is 12.5 Å². The third kappa shape index (κ3) is 2.18. The van der Waals surface area contributed by atoms with Crippen molar-refractivity contribution in [2.45, 2.75) is 50.8 Å². The van der Waals surface area contributed by atoms with Crippen LogP contribution in [0.1, 0.15) is 38.5 Å². The summed E-state index contributed by atoms with van der Waals surface area (Å²) in [7, 11) is 0. The minimum Gasteiger partial charge on any atom is -0.450 e. The lowest BCUT2D eigenvalue weighted by Crippen LogP contribution is -2.33. The summed E-state index contributed by atoms with van der Waals surface area (Å²) in [4.78, 5) is 10.4. The molecule has 0 bridgehead atoms. The minimum absolute atomic E-state index is 0.263. The molecule has 0 radical (unpaired) electrons. The molecular formula is C10H17NO3. The minimum atomic E-state index is -1.17. The largest absolute Gasteiger partial charge is 0.507 e. The average molecular weight is 199 g/mol. The number of nitrogens with one attached hydrogen (secondary N) is 1. The van der Waals surface area contributed by atoms with Crippen molar-refractivity contribution in [1.82, 2.24) is 5.32 Å². The second kappa shape index (κ2) is 4.17. The van der Waals surface area contributed by atoms with Crippen LogP contribution in [0.15, 0.2) is 0 Å². The molecule has 4 heteroatoms. The van der Waals surface area contributed by atoms with Gasteiger partial charge in [-0.05, 0) is 18.8 Å². The molecule has 4 nitrogen and oxygen atoms in total. The Bertz CT molecular complexity index is 205. The van der Waals surface area contributed by atoms with Gasteiger partial charge in [-0.2, -0.15) is 0 Å². The zero-order valence-electron chi connectivity index (χ0n) is 8.24. The van der Waals surface area contributed by atoms with E-state index in [9.17, 15) is 4.79 Å². The molecule has 2 aliphatic rings. The van der Waals surface area contributed by atoms with Crippen LogP contribution < -0.4 is 5.32 Å². The zero-order valence-corrected chi connectivity index (χ0v) is 8.24. The van der Waals surface area contributed by atoms with E-state index in [-0.39, 0.29) is 6.23 Å². The quantitative estimate of drug-likeness (QED) is 0.634. The first-order valence-corrected chi connectivity index (χ1v) is 5.41. The molecule has 0 amide bonds. The summed E-state index contributed by atoms with van der Waals surface area (Å²) in [5.41, 5.74) is 0. The average Bonchev–Trinajstić information content (AvgIpc) is 2.34. The third-order valence-electron chi connectivity index (χ3n) is 3.32. The highest BCUT2D eigenvalue weighted by atomic mass is 16.7. The van der Waals surface area contributed by atoms with E-state index < -0.39 is 6.16 Å². The lowest BCUT2D eigenvalue weighted by atomic mass is 9.96. The van der Waals surface area contributed by atoms with Crippen LogP contribution in [-0.4, -0.2) is 23.5 Å². The second-order valence-electron chi connectivity index (χ2n) is 4.28. The van der Waals surface area contributed by atoms with Crippen LogP contribution in [0.5, 0.6) is 0 Å². The number of carboxylic acid groups (broad SMARTS) is 1. The molecule has 0 aromatic carbocycles. The van der Waals surface area contributed by atoms with Gasteiger partial charge < -0.3 is 9.84 Å². The van der Waals surface area contributed by atoms with E-state index in [4.69, 9.17) is 9.84 Å². The Kier molecular flexibility index (Phi) is 2.91. The molecule has 0 aromatic heterocycles. The fourth-order valence-electron chi connectivity index (χ4n) is 2.67. The van der Waals surface area contributed by atoms with Crippen LogP contribution in [0.25, 0.3) is 0 Å². The molecule has 1 heterocycles. The van der Waals surface area contributed by atoms with Crippen LogP contribution in [0.2, 0.25) is 0 Å². The first-order valence-electron chi connectivity index (χ1n) is 5.41. The molecule has 1 aliphatic carbocycles. The van der Waals surface area contributed by atoms with Crippen LogP contribution in [-0.2, 0) is 4.74 Å². The molecule has 3 atom stereocenters. The van der Waals surface area contributed by atoms with E-state index in [1.54, 1.807) is 0 Å². The summed E-state index contributed by atoms with van der Waals surface area (Å²) in [6.07, 6.45) is 5.67. The van der Waals surface area contributed by atoms with E-state index in [0.717, 1.165) is 6.42 Å². The summed E-state index contributed by atoms with van der Waals surface area (Å²) in [5, 5.41) is 11.8. The molecule has 0 spiro atoms. The zero-order chi connectivity index (χ0) is 9.97. The van der Waals surface area contributed by atoms with Gasteiger partial charge in [0.15, 0.2) is 6.23 Å². The highest BCUT2D eigenvalue weighted by Gasteiger charge is 2.35. The summed E-state index contributed by atoms with van der Waals surface area (Å²) in [5.74, 6) is 0.627. The van der Waals surface area contributed by atoms with E-state index in [1.807, 2.05) is 0 Å². The van der Waals surface area contributed by atoms with Gasteiger partial charge in [0.1, 0.15) is 0 Å². The Morgan fingerprint density at radius 2 is 2.07 bits per heavy atom. The standard InChI is InChI=1S/C10H17NO3/c12-10(13)14-9-6-7-4-2-1-3-5-8(7)11-9/h7-9,11H,1-6H2,(H,12,13)/t7?,8-,9?/m0/s1. The monoisotopic (exact) mass is 199 g/mol. The van der Waals surface area contributed by atoms with Crippen LogP contribution in [0.4, 0.5) is 4.79 Å². The van der Waals surface area contributed by atoms with E-state index in [1.165, 1.54) is 32.1 Å². The van der Waals surface area contributed by atoms with Gasteiger partial charge in [-0.15, -0.1) is 0 Å². The lowest BCUT2D eigenvalue weighted by Gasteiger charge is -2.14. The Labute approximate surface area is 83.6 Å². The molecular weight excluding hydrogens is 182 g/mol. The topological polar surface area (TPSA) is 58.6 Å². The van der Waals surface area contributed by atoms with Gasteiger partial charge >= 0.3 is 6.16 Å². The van der Waals surface area contributed by atoms with Gasteiger partial charge in [-0.1, -0.05) is 19.3 Å². The first-order chi connectivity index (χ1) is 6.75. The van der Waals surface area contributed by atoms with Crippen molar-refractivity contribution in [2.75, 3.05) is 0 Å². The Morgan fingerprint density at radius 1 is 1.29 bits per heavy atom. The van der Waals surface area contributed by atoms with Crippen LogP contribution in [0.3, 0.4) is 0 Å². The van der Waals surface area contributed by atoms with E-state index in [0.29, 0.717) is 12.0 Å². The fourth-order valence-corrected chi connectivity index (χ4v) is 2.67. The third-order valence-corrected chi connectivity index (χ3v) is 3.32.